The summed E-state index contributed by atoms with van der Waals surface area (Å²) < 4.78 is 5.92. The molecule has 0 aliphatic heterocycles. The van der Waals surface area contributed by atoms with Gasteiger partial charge in [0.15, 0.2) is 0 Å². The van der Waals surface area contributed by atoms with Crippen LogP contribution in [0.1, 0.15) is 5.69 Å². The second kappa shape index (κ2) is 3.75. The van der Waals surface area contributed by atoms with Crippen molar-refractivity contribution in [2.75, 3.05) is 0 Å². The van der Waals surface area contributed by atoms with E-state index in [2.05, 4.69) is 21.1 Å². The van der Waals surface area contributed by atoms with Crippen LogP contribution in [0.3, 0.4) is 0 Å². The summed E-state index contributed by atoms with van der Waals surface area (Å²) in [6, 6.07) is 7.85. The van der Waals surface area contributed by atoms with E-state index in [9.17, 15) is 0 Å². The molecule has 0 saturated carbocycles. The van der Waals surface area contributed by atoms with Gasteiger partial charge in [0, 0.05) is 4.47 Å². The van der Waals surface area contributed by atoms with E-state index >= 15 is 0 Å². The minimum absolute atomic E-state index is 0.338. The summed E-state index contributed by atoms with van der Waals surface area (Å²) in [5.41, 5.74) is 2.67. The van der Waals surface area contributed by atoms with E-state index in [4.69, 9.17) is 16.1 Å². The molecule has 1 aromatic heterocycles. The number of hydrogen-bond donors (Lipinski definition) is 0. The summed E-state index contributed by atoms with van der Waals surface area (Å²) in [4.78, 5) is 0. The zero-order valence-corrected chi connectivity index (χ0v) is 9.76. The summed E-state index contributed by atoms with van der Waals surface area (Å²) in [7, 11) is 0. The predicted molar refractivity (Wildman–Crippen MR) is 59.4 cm³/mol. The van der Waals surface area contributed by atoms with Crippen molar-refractivity contribution in [1.82, 2.24) is 5.16 Å². The van der Waals surface area contributed by atoms with Gasteiger partial charge in [0.1, 0.15) is 0 Å². The van der Waals surface area contributed by atoms with Crippen LogP contribution in [0.25, 0.3) is 11.1 Å². The molecule has 2 rings (SSSR count). The van der Waals surface area contributed by atoms with E-state index < -0.39 is 0 Å². The molecule has 0 bridgehead atoms. The molecule has 0 aliphatic carbocycles. The Bertz CT molecular complexity index is 430. The Morgan fingerprint density at radius 2 is 1.93 bits per heavy atom. The molecular formula is C10H7BrClNO. The largest absolute Gasteiger partial charge is 0.343 e. The molecule has 0 saturated heterocycles. The Hall–Kier alpha value is -0.800. The highest BCUT2D eigenvalue weighted by Crippen LogP contribution is 2.31. The van der Waals surface area contributed by atoms with Crippen molar-refractivity contribution < 1.29 is 4.52 Å². The molecule has 2 nitrogen and oxygen atoms in total. The van der Waals surface area contributed by atoms with Crippen molar-refractivity contribution in [1.29, 1.82) is 0 Å². The van der Waals surface area contributed by atoms with Gasteiger partial charge in [-0.1, -0.05) is 33.2 Å². The van der Waals surface area contributed by atoms with Gasteiger partial charge < -0.3 is 4.52 Å². The first-order valence-electron chi connectivity index (χ1n) is 4.06. The van der Waals surface area contributed by atoms with Crippen LogP contribution < -0.4 is 0 Å². The van der Waals surface area contributed by atoms with Crippen LogP contribution in [0.2, 0.25) is 5.22 Å². The normalized spacial score (nSPS) is 10.5. The molecule has 0 N–H and O–H groups in total. The Labute approximate surface area is 95.0 Å². The Kier molecular flexibility index (Phi) is 2.61. The SMILES string of the molecule is Cc1noc(Cl)c1-c1ccc(Br)cc1. The Morgan fingerprint density at radius 3 is 2.43 bits per heavy atom. The van der Waals surface area contributed by atoms with Gasteiger partial charge in [0.2, 0.25) is 5.22 Å². The van der Waals surface area contributed by atoms with Gasteiger partial charge in [-0.05, 0) is 36.2 Å². The van der Waals surface area contributed by atoms with Gasteiger partial charge in [-0.3, -0.25) is 0 Å². The molecule has 0 aliphatic rings. The molecule has 1 aromatic carbocycles. The number of aryl methyl sites for hydroxylation is 1. The molecule has 0 unspecified atom stereocenters. The lowest BCUT2D eigenvalue weighted by atomic mass is 10.1. The predicted octanol–water partition coefficient (Wildman–Crippen LogP) is 4.07. The number of benzene rings is 1. The highest BCUT2D eigenvalue weighted by Gasteiger charge is 2.12. The van der Waals surface area contributed by atoms with Gasteiger partial charge in [-0.2, -0.15) is 0 Å². The molecule has 2 aromatic rings. The number of rotatable bonds is 1. The van der Waals surface area contributed by atoms with Crippen molar-refractivity contribution >= 4 is 27.5 Å². The van der Waals surface area contributed by atoms with Crippen LogP contribution in [0.15, 0.2) is 33.3 Å². The summed E-state index contributed by atoms with van der Waals surface area (Å²) >= 11 is 9.25. The lowest BCUT2D eigenvalue weighted by molar-refractivity contribution is 0.417. The maximum atomic E-state index is 5.88. The van der Waals surface area contributed by atoms with Crippen LogP contribution in [0.4, 0.5) is 0 Å². The van der Waals surface area contributed by atoms with E-state index in [1.54, 1.807) is 0 Å². The van der Waals surface area contributed by atoms with E-state index in [0.717, 1.165) is 21.3 Å². The number of hydrogen-bond acceptors (Lipinski definition) is 2. The number of nitrogens with zero attached hydrogens (tertiary/aromatic N) is 1. The first kappa shape index (κ1) is 9.74. The molecular weight excluding hydrogens is 265 g/mol. The lowest BCUT2D eigenvalue weighted by Crippen LogP contribution is -1.79. The van der Waals surface area contributed by atoms with Gasteiger partial charge in [0.05, 0.1) is 11.3 Å². The van der Waals surface area contributed by atoms with E-state index in [1.165, 1.54) is 0 Å². The van der Waals surface area contributed by atoms with Gasteiger partial charge in [-0.25, -0.2) is 0 Å². The number of aromatic nitrogens is 1. The quantitative estimate of drug-likeness (QED) is 0.782. The van der Waals surface area contributed by atoms with Gasteiger partial charge in [0.25, 0.3) is 0 Å². The van der Waals surface area contributed by atoms with E-state index in [-0.39, 0.29) is 0 Å². The van der Waals surface area contributed by atoms with Gasteiger partial charge in [-0.15, -0.1) is 0 Å². The fourth-order valence-electron chi connectivity index (χ4n) is 1.28. The molecule has 0 fully saturated rings. The monoisotopic (exact) mass is 271 g/mol. The average molecular weight is 273 g/mol. The highest BCUT2D eigenvalue weighted by molar-refractivity contribution is 9.10. The minimum Gasteiger partial charge on any atom is -0.343 e. The fourth-order valence-corrected chi connectivity index (χ4v) is 1.83. The van der Waals surface area contributed by atoms with Crippen LogP contribution in [-0.4, -0.2) is 5.16 Å². The van der Waals surface area contributed by atoms with Crippen molar-refractivity contribution in [3.05, 3.63) is 39.7 Å². The van der Waals surface area contributed by atoms with Crippen LogP contribution in [0, 0.1) is 6.92 Å². The smallest absolute Gasteiger partial charge is 0.234 e. The maximum Gasteiger partial charge on any atom is 0.234 e. The van der Waals surface area contributed by atoms with E-state index in [1.807, 2.05) is 31.2 Å². The fraction of sp³-hybridized carbons (Fsp3) is 0.100. The third-order valence-corrected chi connectivity index (χ3v) is 2.74. The Morgan fingerprint density at radius 1 is 1.29 bits per heavy atom. The molecule has 0 spiro atoms. The first-order chi connectivity index (χ1) is 6.68. The maximum absolute atomic E-state index is 5.88. The Balaban J connectivity index is 2.54. The lowest BCUT2D eigenvalue weighted by Gasteiger charge is -1.98. The van der Waals surface area contributed by atoms with Crippen LogP contribution in [0.5, 0.6) is 0 Å². The van der Waals surface area contributed by atoms with E-state index in [0.29, 0.717) is 5.22 Å². The minimum atomic E-state index is 0.338. The average Bonchev–Trinajstić information content (AvgIpc) is 2.49. The van der Waals surface area contributed by atoms with Gasteiger partial charge >= 0.3 is 0 Å². The number of halogens is 2. The topological polar surface area (TPSA) is 26.0 Å². The summed E-state index contributed by atoms with van der Waals surface area (Å²) in [6.07, 6.45) is 0. The second-order valence-electron chi connectivity index (χ2n) is 2.92. The van der Waals surface area contributed by atoms with Crippen molar-refractivity contribution in [3.8, 4) is 11.1 Å². The zero-order valence-electron chi connectivity index (χ0n) is 7.42. The molecule has 4 heteroatoms. The molecule has 0 radical (unpaired) electrons. The third-order valence-electron chi connectivity index (χ3n) is 1.95. The van der Waals surface area contributed by atoms with Crippen LogP contribution >= 0.6 is 27.5 Å². The standard InChI is InChI=1S/C10H7BrClNO/c1-6-9(10(12)14-13-6)7-2-4-8(11)5-3-7/h2-5H,1H3. The highest BCUT2D eigenvalue weighted by atomic mass is 79.9. The van der Waals surface area contributed by atoms with Crippen molar-refractivity contribution in [2.45, 2.75) is 6.92 Å². The molecule has 0 atom stereocenters. The summed E-state index contributed by atoms with van der Waals surface area (Å²) in [5.74, 6) is 0. The van der Waals surface area contributed by atoms with Crippen molar-refractivity contribution in [3.63, 3.8) is 0 Å². The van der Waals surface area contributed by atoms with Crippen LogP contribution in [-0.2, 0) is 0 Å². The zero-order chi connectivity index (χ0) is 10.1. The third kappa shape index (κ3) is 1.70. The van der Waals surface area contributed by atoms with Crippen molar-refractivity contribution in [2.24, 2.45) is 0 Å². The summed E-state index contributed by atoms with van der Waals surface area (Å²) in [5, 5.41) is 4.13. The molecule has 0 amide bonds. The second-order valence-corrected chi connectivity index (χ2v) is 4.18. The first-order valence-corrected chi connectivity index (χ1v) is 5.23. The molecule has 1 heterocycles. The molecule has 72 valence electrons. The molecule has 14 heavy (non-hydrogen) atoms. The summed E-state index contributed by atoms with van der Waals surface area (Å²) in [6.45, 7) is 1.87.